The summed E-state index contributed by atoms with van der Waals surface area (Å²) in [5.74, 6) is -0.357. The fourth-order valence-corrected chi connectivity index (χ4v) is 2.03. The van der Waals surface area contributed by atoms with Gasteiger partial charge in [0, 0.05) is 4.88 Å². The summed E-state index contributed by atoms with van der Waals surface area (Å²) in [7, 11) is 0. The van der Waals surface area contributed by atoms with Crippen LogP contribution in [0.1, 0.15) is 34.3 Å². The van der Waals surface area contributed by atoms with Crippen molar-refractivity contribution in [3.63, 3.8) is 0 Å². The molecule has 0 unspecified atom stereocenters. The summed E-state index contributed by atoms with van der Waals surface area (Å²) in [5, 5.41) is 17.5. The van der Waals surface area contributed by atoms with Gasteiger partial charge in [0.1, 0.15) is 12.4 Å². The van der Waals surface area contributed by atoms with Crippen molar-refractivity contribution in [2.45, 2.75) is 19.8 Å². The third-order valence-corrected chi connectivity index (χ3v) is 3.23. The van der Waals surface area contributed by atoms with Crippen molar-refractivity contribution < 1.29 is 19.7 Å². The molecule has 5 heteroatoms. The molecular weight excluding hydrogens is 216 g/mol. The molecule has 0 aliphatic carbocycles. The molecule has 0 saturated heterocycles. The van der Waals surface area contributed by atoms with E-state index in [9.17, 15) is 4.79 Å². The Labute approximate surface area is 92.1 Å². The molecule has 0 spiro atoms. The minimum absolute atomic E-state index is 0.119. The lowest BCUT2D eigenvalue weighted by Crippen LogP contribution is -2.04. The molecule has 0 saturated carbocycles. The van der Waals surface area contributed by atoms with Crippen molar-refractivity contribution in [2.75, 3.05) is 13.2 Å². The van der Waals surface area contributed by atoms with Gasteiger partial charge < -0.3 is 14.9 Å². The SMILES string of the molecule is CC(C)c1cc(OCCO)c(C(=O)O)s1. The van der Waals surface area contributed by atoms with Crippen LogP contribution in [-0.2, 0) is 0 Å². The number of aliphatic hydroxyl groups excluding tert-OH is 1. The van der Waals surface area contributed by atoms with Gasteiger partial charge in [-0.3, -0.25) is 0 Å². The molecule has 2 N–H and O–H groups in total. The molecule has 1 aromatic heterocycles. The second-order valence-electron chi connectivity index (χ2n) is 3.37. The number of hydrogen-bond acceptors (Lipinski definition) is 4. The number of carboxylic acids is 1. The highest BCUT2D eigenvalue weighted by Crippen LogP contribution is 2.33. The van der Waals surface area contributed by atoms with Gasteiger partial charge >= 0.3 is 5.97 Å². The molecule has 0 bridgehead atoms. The molecule has 15 heavy (non-hydrogen) atoms. The third kappa shape index (κ3) is 2.94. The highest BCUT2D eigenvalue weighted by atomic mass is 32.1. The molecule has 1 heterocycles. The summed E-state index contributed by atoms with van der Waals surface area (Å²) in [5.41, 5.74) is 0. The second kappa shape index (κ2) is 5.14. The van der Waals surface area contributed by atoms with Crippen LogP contribution in [0.5, 0.6) is 5.75 Å². The van der Waals surface area contributed by atoms with Crippen molar-refractivity contribution in [3.8, 4) is 5.75 Å². The molecule has 0 aromatic carbocycles. The maximum Gasteiger partial charge on any atom is 0.349 e. The Kier molecular flexibility index (Phi) is 4.11. The average molecular weight is 230 g/mol. The van der Waals surface area contributed by atoms with E-state index in [1.807, 2.05) is 13.8 Å². The summed E-state index contributed by atoms with van der Waals surface area (Å²) >= 11 is 1.22. The molecule has 0 radical (unpaired) electrons. The molecule has 0 fully saturated rings. The predicted octanol–water partition coefficient (Wildman–Crippen LogP) is 1.94. The smallest absolute Gasteiger partial charge is 0.349 e. The van der Waals surface area contributed by atoms with Crippen molar-refractivity contribution >= 4 is 17.3 Å². The van der Waals surface area contributed by atoms with E-state index in [1.54, 1.807) is 6.07 Å². The van der Waals surface area contributed by atoms with E-state index in [4.69, 9.17) is 14.9 Å². The van der Waals surface area contributed by atoms with Crippen molar-refractivity contribution in [1.82, 2.24) is 0 Å². The molecule has 4 nitrogen and oxygen atoms in total. The van der Waals surface area contributed by atoms with Gasteiger partial charge in [-0.2, -0.15) is 0 Å². The molecule has 0 atom stereocenters. The van der Waals surface area contributed by atoms with Gasteiger partial charge in [0.05, 0.1) is 6.61 Å². The topological polar surface area (TPSA) is 66.8 Å². The Bertz CT molecular complexity index is 343. The van der Waals surface area contributed by atoms with Crippen LogP contribution in [0.2, 0.25) is 0 Å². The van der Waals surface area contributed by atoms with E-state index in [-0.39, 0.29) is 24.0 Å². The van der Waals surface area contributed by atoms with Crippen molar-refractivity contribution in [2.24, 2.45) is 0 Å². The Morgan fingerprint density at radius 3 is 2.73 bits per heavy atom. The monoisotopic (exact) mass is 230 g/mol. The van der Waals surface area contributed by atoms with Crippen LogP contribution in [-0.4, -0.2) is 29.4 Å². The van der Waals surface area contributed by atoms with Gasteiger partial charge in [-0.25, -0.2) is 4.79 Å². The first-order valence-corrected chi connectivity index (χ1v) is 5.48. The zero-order valence-electron chi connectivity index (χ0n) is 8.69. The maximum atomic E-state index is 10.9. The molecule has 0 aliphatic rings. The van der Waals surface area contributed by atoms with Gasteiger partial charge in [0.2, 0.25) is 0 Å². The highest BCUT2D eigenvalue weighted by Gasteiger charge is 2.17. The predicted molar refractivity (Wildman–Crippen MR) is 57.9 cm³/mol. The van der Waals surface area contributed by atoms with E-state index in [0.29, 0.717) is 5.75 Å². The second-order valence-corrected chi connectivity index (χ2v) is 4.46. The Hall–Kier alpha value is -1.07. The van der Waals surface area contributed by atoms with Gasteiger partial charge in [-0.15, -0.1) is 11.3 Å². The zero-order valence-corrected chi connectivity index (χ0v) is 9.50. The van der Waals surface area contributed by atoms with Crippen molar-refractivity contribution in [3.05, 3.63) is 15.8 Å². The number of carbonyl (C=O) groups is 1. The normalized spacial score (nSPS) is 10.7. The van der Waals surface area contributed by atoms with E-state index < -0.39 is 5.97 Å². The van der Waals surface area contributed by atoms with Crippen molar-refractivity contribution in [1.29, 1.82) is 0 Å². The number of aliphatic hydroxyl groups is 1. The molecule has 1 rings (SSSR count). The number of carboxylic acid groups (broad SMARTS) is 1. The van der Waals surface area contributed by atoms with Crippen LogP contribution in [0.3, 0.4) is 0 Å². The molecule has 84 valence electrons. The quantitative estimate of drug-likeness (QED) is 0.811. The average Bonchev–Trinajstić information content (AvgIpc) is 2.58. The Morgan fingerprint density at radius 1 is 1.60 bits per heavy atom. The minimum atomic E-state index is -0.986. The first kappa shape index (κ1) is 12.0. The summed E-state index contributed by atoms with van der Waals surface area (Å²) in [6.45, 7) is 3.99. The van der Waals surface area contributed by atoms with E-state index in [1.165, 1.54) is 11.3 Å². The fourth-order valence-electron chi connectivity index (χ4n) is 1.09. The number of hydrogen-bond donors (Lipinski definition) is 2. The fraction of sp³-hybridized carbons (Fsp3) is 0.500. The number of rotatable bonds is 5. The Morgan fingerprint density at radius 2 is 2.27 bits per heavy atom. The Balaban J connectivity index is 2.95. The standard InChI is InChI=1S/C10H14O4S/c1-6(2)8-5-7(14-4-3-11)9(15-8)10(12)13/h5-6,11H,3-4H2,1-2H3,(H,12,13). The molecular formula is C10H14O4S. The van der Waals surface area contributed by atoms with Gasteiger partial charge in [0.25, 0.3) is 0 Å². The first-order valence-electron chi connectivity index (χ1n) is 4.67. The lowest BCUT2D eigenvalue weighted by Gasteiger charge is -2.01. The van der Waals surface area contributed by atoms with E-state index in [0.717, 1.165) is 4.88 Å². The highest BCUT2D eigenvalue weighted by molar-refractivity contribution is 7.14. The van der Waals surface area contributed by atoms with E-state index in [2.05, 4.69) is 0 Å². The lowest BCUT2D eigenvalue weighted by atomic mass is 10.2. The largest absolute Gasteiger partial charge is 0.489 e. The van der Waals surface area contributed by atoms with Crippen LogP contribution in [0.25, 0.3) is 0 Å². The number of thiophene rings is 1. The van der Waals surface area contributed by atoms with Crippen LogP contribution < -0.4 is 4.74 Å². The summed E-state index contributed by atoms with van der Waals surface area (Å²) in [6.07, 6.45) is 0. The number of ether oxygens (including phenoxy) is 1. The molecule has 1 aromatic rings. The van der Waals surface area contributed by atoms with Crippen LogP contribution in [0.15, 0.2) is 6.07 Å². The number of aromatic carboxylic acids is 1. The lowest BCUT2D eigenvalue weighted by molar-refractivity contribution is 0.0696. The van der Waals surface area contributed by atoms with Gasteiger partial charge in [-0.1, -0.05) is 13.8 Å². The molecule has 0 amide bonds. The van der Waals surface area contributed by atoms with Gasteiger partial charge in [0.15, 0.2) is 4.88 Å². The van der Waals surface area contributed by atoms with Crippen LogP contribution >= 0.6 is 11.3 Å². The van der Waals surface area contributed by atoms with Gasteiger partial charge in [-0.05, 0) is 12.0 Å². The summed E-state index contributed by atoms with van der Waals surface area (Å²) in [4.78, 5) is 12.1. The first-order chi connectivity index (χ1) is 7.06. The van der Waals surface area contributed by atoms with E-state index >= 15 is 0 Å². The maximum absolute atomic E-state index is 10.9. The molecule has 0 aliphatic heterocycles. The summed E-state index contributed by atoms with van der Waals surface area (Å²) < 4.78 is 5.16. The minimum Gasteiger partial charge on any atom is -0.489 e. The summed E-state index contributed by atoms with van der Waals surface area (Å²) in [6, 6.07) is 1.73. The van der Waals surface area contributed by atoms with Crippen LogP contribution in [0, 0.1) is 0 Å². The zero-order chi connectivity index (χ0) is 11.4. The van der Waals surface area contributed by atoms with Crippen LogP contribution in [0.4, 0.5) is 0 Å². The third-order valence-electron chi connectivity index (χ3n) is 1.83.